The summed E-state index contributed by atoms with van der Waals surface area (Å²) in [5.41, 5.74) is 1.87. The fourth-order valence-corrected chi connectivity index (χ4v) is 3.62. The number of hydrogen-bond donors (Lipinski definition) is 0. The van der Waals surface area contributed by atoms with Crippen molar-refractivity contribution < 1.29 is 13.9 Å². The van der Waals surface area contributed by atoms with Crippen molar-refractivity contribution in [2.45, 2.75) is 0 Å². The van der Waals surface area contributed by atoms with E-state index in [1.165, 1.54) is 0 Å². The second-order valence-corrected chi connectivity index (χ2v) is 7.19. The van der Waals surface area contributed by atoms with Gasteiger partial charge in [-0.3, -0.25) is 4.79 Å². The number of carbonyl (C=O) groups is 1. The summed E-state index contributed by atoms with van der Waals surface area (Å²) in [5, 5.41) is 0.930. The Morgan fingerprint density at radius 2 is 1.77 bits per heavy atom. The first kappa shape index (κ1) is 17.0. The Morgan fingerprint density at radius 3 is 2.46 bits per heavy atom. The third-order valence-electron chi connectivity index (χ3n) is 4.69. The van der Waals surface area contributed by atoms with Crippen LogP contribution in [-0.2, 0) is 0 Å². The number of carbonyl (C=O) groups excluding carboxylic acids is 1. The van der Waals surface area contributed by atoms with Gasteiger partial charge < -0.3 is 19.0 Å². The van der Waals surface area contributed by atoms with Crippen LogP contribution in [0.4, 0.5) is 5.69 Å². The van der Waals surface area contributed by atoms with E-state index in [2.05, 4.69) is 20.8 Å². The summed E-state index contributed by atoms with van der Waals surface area (Å²) in [7, 11) is 1.66. The number of piperazine rings is 1. The Morgan fingerprint density at radius 1 is 1.04 bits per heavy atom. The van der Waals surface area contributed by atoms with E-state index in [0.717, 1.165) is 40.0 Å². The number of furan rings is 1. The summed E-state index contributed by atoms with van der Waals surface area (Å²) < 4.78 is 11.9. The molecule has 6 heteroatoms. The molecule has 0 atom stereocenters. The van der Waals surface area contributed by atoms with Crippen LogP contribution >= 0.6 is 15.9 Å². The van der Waals surface area contributed by atoms with Crippen molar-refractivity contribution in [2.75, 3.05) is 38.2 Å². The number of methoxy groups -OCH3 is 1. The predicted octanol–water partition coefficient (Wildman–Crippen LogP) is 4.17. The van der Waals surface area contributed by atoms with Crippen LogP contribution in [0.3, 0.4) is 0 Å². The number of benzene rings is 2. The lowest BCUT2D eigenvalue weighted by molar-refractivity contribution is 0.0717. The first-order valence-electron chi connectivity index (χ1n) is 8.51. The molecule has 5 nitrogen and oxygen atoms in total. The number of halogens is 1. The Balaban J connectivity index is 1.43. The third kappa shape index (κ3) is 3.29. The third-order valence-corrected chi connectivity index (χ3v) is 5.19. The zero-order chi connectivity index (χ0) is 18.1. The second-order valence-electron chi connectivity index (χ2n) is 6.27. The van der Waals surface area contributed by atoms with E-state index in [0.29, 0.717) is 18.8 Å². The van der Waals surface area contributed by atoms with Crippen molar-refractivity contribution >= 4 is 38.5 Å². The van der Waals surface area contributed by atoms with E-state index < -0.39 is 0 Å². The van der Waals surface area contributed by atoms with Crippen LogP contribution < -0.4 is 9.64 Å². The van der Waals surface area contributed by atoms with Crippen molar-refractivity contribution in [1.29, 1.82) is 0 Å². The van der Waals surface area contributed by atoms with Crippen LogP contribution in [0.15, 0.2) is 57.4 Å². The minimum atomic E-state index is -0.0493. The van der Waals surface area contributed by atoms with Crippen LogP contribution in [0, 0.1) is 0 Å². The average Bonchev–Trinajstić information content (AvgIpc) is 3.11. The lowest BCUT2D eigenvalue weighted by Crippen LogP contribution is -2.48. The van der Waals surface area contributed by atoms with Gasteiger partial charge in [0.2, 0.25) is 0 Å². The van der Waals surface area contributed by atoms with Crippen LogP contribution in [0.25, 0.3) is 11.0 Å². The topological polar surface area (TPSA) is 45.9 Å². The number of nitrogens with zero attached hydrogens (tertiary/aromatic N) is 2. The number of amides is 1. The lowest BCUT2D eigenvalue weighted by atomic mass is 10.2. The maximum atomic E-state index is 12.8. The quantitative estimate of drug-likeness (QED) is 0.645. The van der Waals surface area contributed by atoms with Gasteiger partial charge in [0.15, 0.2) is 5.76 Å². The van der Waals surface area contributed by atoms with Crippen LogP contribution in [-0.4, -0.2) is 44.1 Å². The summed E-state index contributed by atoms with van der Waals surface area (Å²) in [6.07, 6.45) is 0. The standard InChI is InChI=1S/C20H19BrN2O3/c1-25-17-5-3-16(4-6-17)22-8-10-23(11-9-22)20(24)19-13-14-12-15(21)2-7-18(14)26-19/h2-7,12-13H,8-11H2,1H3. The molecule has 0 spiro atoms. The van der Waals surface area contributed by atoms with E-state index in [-0.39, 0.29) is 5.91 Å². The Labute approximate surface area is 160 Å². The Bertz CT molecular complexity index is 928. The van der Waals surface area contributed by atoms with E-state index in [1.807, 2.05) is 53.4 Å². The molecular formula is C20H19BrN2O3. The van der Waals surface area contributed by atoms with Gasteiger partial charge in [-0.25, -0.2) is 0 Å². The largest absolute Gasteiger partial charge is 0.497 e. The van der Waals surface area contributed by atoms with Crippen molar-refractivity contribution in [2.24, 2.45) is 0 Å². The minimum Gasteiger partial charge on any atom is -0.497 e. The van der Waals surface area contributed by atoms with Gasteiger partial charge >= 0.3 is 0 Å². The average molecular weight is 415 g/mol. The molecule has 1 fully saturated rings. The second kappa shape index (κ2) is 7.03. The Hall–Kier alpha value is -2.47. The molecule has 4 rings (SSSR count). The molecule has 0 aliphatic carbocycles. The monoisotopic (exact) mass is 414 g/mol. The van der Waals surface area contributed by atoms with E-state index in [1.54, 1.807) is 7.11 Å². The molecule has 0 N–H and O–H groups in total. The van der Waals surface area contributed by atoms with Gasteiger partial charge in [-0.15, -0.1) is 0 Å². The van der Waals surface area contributed by atoms with Gasteiger partial charge in [0, 0.05) is 41.7 Å². The van der Waals surface area contributed by atoms with Gasteiger partial charge in [0.25, 0.3) is 5.91 Å². The number of anilines is 1. The van der Waals surface area contributed by atoms with Crippen molar-refractivity contribution in [3.05, 3.63) is 58.8 Å². The predicted molar refractivity (Wildman–Crippen MR) is 105 cm³/mol. The van der Waals surface area contributed by atoms with Gasteiger partial charge in [-0.2, -0.15) is 0 Å². The van der Waals surface area contributed by atoms with Gasteiger partial charge in [0.1, 0.15) is 11.3 Å². The van der Waals surface area contributed by atoms with Gasteiger partial charge in [-0.05, 0) is 48.5 Å². The lowest BCUT2D eigenvalue weighted by Gasteiger charge is -2.35. The van der Waals surface area contributed by atoms with Crippen LogP contribution in [0.5, 0.6) is 5.75 Å². The molecule has 0 bridgehead atoms. The number of rotatable bonds is 3. The van der Waals surface area contributed by atoms with Crippen molar-refractivity contribution in [3.8, 4) is 5.75 Å². The molecule has 1 aliphatic rings. The normalized spacial score (nSPS) is 14.7. The molecule has 1 saturated heterocycles. The molecule has 0 unspecified atom stereocenters. The fourth-order valence-electron chi connectivity index (χ4n) is 3.24. The van der Waals surface area contributed by atoms with Crippen LogP contribution in [0.2, 0.25) is 0 Å². The summed E-state index contributed by atoms with van der Waals surface area (Å²) in [5.74, 6) is 1.20. The molecule has 0 radical (unpaired) electrons. The summed E-state index contributed by atoms with van der Waals surface area (Å²) >= 11 is 3.44. The summed E-state index contributed by atoms with van der Waals surface area (Å²) in [6.45, 7) is 2.94. The smallest absolute Gasteiger partial charge is 0.289 e. The highest BCUT2D eigenvalue weighted by atomic mass is 79.9. The first-order chi connectivity index (χ1) is 12.6. The zero-order valence-corrected chi connectivity index (χ0v) is 16.0. The molecule has 1 aliphatic heterocycles. The maximum absolute atomic E-state index is 12.8. The van der Waals surface area contributed by atoms with Crippen LogP contribution in [0.1, 0.15) is 10.6 Å². The highest BCUT2D eigenvalue weighted by Crippen LogP contribution is 2.25. The summed E-state index contributed by atoms with van der Waals surface area (Å²) in [4.78, 5) is 16.9. The SMILES string of the molecule is COc1ccc(N2CCN(C(=O)c3cc4cc(Br)ccc4o3)CC2)cc1. The molecule has 1 aromatic heterocycles. The number of ether oxygens (including phenoxy) is 1. The molecule has 2 aromatic carbocycles. The van der Waals surface area contributed by atoms with Gasteiger partial charge in [-0.1, -0.05) is 15.9 Å². The molecule has 134 valence electrons. The first-order valence-corrected chi connectivity index (χ1v) is 9.31. The van der Waals surface area contributed by atoms with E-state index in [9.17, 15) is 4.79 Å². The molecule has 2 heterocycles. The van der Waals surface area contributed by atoms with Crippen molar-refractivity contribution in [1.82, 2.24) is 4.90 Å². The molecular weight excluding hydrogens is 396 g/mol. The molecule has 0 saturated carbocycles. The molecule has 1 amide bonds. The number of hydrogen-bond acceptors (Lipinski definition) is 4. The molecule has 3 aromatic rings. The van der Waals surface area contributed by atoms with Gasteiger partial charge in [0.05, 0.1) is 7.11 Å². The highest BCUT2D eigenvalue weighted by molar-refractivity contribution is 9.10. The van der Waals surface area contributed by atoms with E-state index in [4.69, 9.17) is 9.15 Å². The maximum Gasteiger partial charge on any atom is 0.289 e. The summed E-state index contributed by atoms with van der Waals surface area (Å²) in [6, 6.07) is 15.6. The fraction of sp³-hybridized carbons (Fsp3) is 0.250. The van der Waals surface area contributed by atoms with Crippen molar-refractivity contribution in [3.63, 3.8) is 0 Å². The number of fused-ring (bicyclic) bond motifs is 1. The Kier molecular flexibility index (Phi) is 4.59. The minimum absolute atomic E-state index is 0.0493. The zero-order valence-electron chi connectivity index (χ0n) is 14.4. The highest BCUT2D eigenvalue weighted by Gasteiger charge is 2.24. The molecule has 26 heavy (non-hydrogen) atoms. The van der Waals surface area contributed by atoms with E-state index >= 15 is 0 Å².